The van der Waals surface area contributed by atoms with Gasteiger partial charge in [0.1, 0.15) is 0 Å². The summed E-state index contributed by atoms with van der Waals surface area (Å²) in [6, 6.07) is 10.2. The fraction of sp³-hybridized carbons (Fsp3) is 0.579. The molecule has 1 amide bonds. The van der Waals surface area contributed by atoms with E-state index in [-0.39, 0.29) is 24.1 Å². The summed E-state index contributed by atoms with van der Waals surface area (Å²) in [5, 5.41) is 9.08. The van der Waals surface area contributed by atoms with Crippen LogP contribution in [0.25, 0.3) is 0 Å². The van der Waals surface area contributed by atoms with Crippen LogP contribution >= 0.6 is 0 Å². The summed E-state index contributed by atoms with van der Waals surface area (Å²) < 4.78 is 5.83. The molecule has 1 atom stereocenters. The molecule has 0 radical (unpaired) electrons. The first-order chi connectivity index (χ1) is 11.8. The minimum Gasteiger partial charge on any atom is -0.374 e. The maximum Gasteiger partial charge on any atom is 0.239 e. The fourth-order valence-electron chi connectivity index (χ4n) is 2.21. The first kappa shape index (κ1) is 21.0. The van der Waals surface area contributed by atoms with E-state index in [1.54, 1.807) is 7.05 Å². The number of guanidine groups is 1. The third-order valence-corrected chi connectivity index (χ3v) is 3.40. The molecule has 1 aromatic rings. The molecular formula is C19H32N4O2. The molecule has 1 rings (SSSR count). The number of carbonyl (C=O) groups is 1. The van der Waals surface area contributed by atoms with Crippen LogP contribution < -0.4 is 16.0 Å². The van der Waals surface area contributed by atoms with E-state index in [4.69, 9.17) is 4.74 Å². The Labute approximate surface area is 151 Å². The topological polar surface area (TPSA) is 74.8 Å². The zero-order chi connectivity index (χ0) is 18.7. The Balaban J connectivity index is 2.18. The van der Waals surface area contributed by atoms with Gasteiger partial charge in [0.15, 0.2) is 5.96 Å². The van der Waals surface area contributed by atoms with E-state index in [0.717, 1.165) is 13.0 Å². The Morgan fingerprint density at radius 3 is 2.48 bits per heavy atom. The van der Waals surface area contributed by atoms with Gasteiger partial charge < -0.3 is 20.7 Å². The van der Waals surface area contributed by atoms with Crippen LogP contribution in [0, 0.1) is 0 Å². The molecule has 0 aliphatic heterocycles. The highest BCUT2D eigenvalue weighted by Gasteiger charge is 2.13. The van der Waals surface area contributed by atoms with Crippen molar-refractivity contribution in [1.29, 1.82) is 0 Å². The molecule has 0 bridgehead atoms. The zero-order valence-corrected chi connectivity index (χ0v) is 16.1. The van der Waals surface area contributed by atoms with Crippen LogP contribution in [0.2, 0.25) is 0 Å². The highest BCUT2D eigenvalue weighted by molar-refractivity contribution is 5.86. The molecule has 0 saturated heterocycles. The molecule has 140 valence electrons. The lowest BCUT2D eigenvalue weighted by Crippen LogP contribution is -2.48. The van der Waals surface area contributed by atoms with Crippen LogP contribution in [0.3, 0.4) is 0 Å². The lowest BCUT2D eigenvalue weighted by Gasteiger charge is -2.21. The van der Waals surface area contributed by atoms with E-state index in [9.17, 15) is 4.79 Å². The van der Waals surface area contributed by atoms with Crippen molar-refractivity contribution < 1.29 is 9.53 Å². The van der Waals surface area contributed by atoms with Gasteiger partial charge in [-0.3, -0.25) is 9.79 Å². The van der Waals surface area contributed by atoms with E-state index >= 15 is 0 Å². The van der Waals surface area contributed by atoms with Gasteiger partial charge in [0.2, 0.25) is 5.91 Å². The molecule has 6 heteroatoms. The molecule has 0 aliphatic carbocycles. The largest absolute Gasteiger partial charge is 0.374 e. The highest BCUT2D eigenvalue weighted by atomic mass is 16.5. The van der Waals surface area contributed by atoms with Gasteiger partial charge >= 0.3 is 0 Å². The minimum absolute atomic E-state index is 0.0598. The van der Waals surface area contributed by atoms with Gasteiger partial charge in [-0.1, -0.05) is 30.3 Å². The molecule has 0 aliphatic rings. The number of carbonyl (C=O) groups excluding carboxylic acids is 1. The van der Waals surface area contributed by atoms with Crippen molar-refractivity contribution in [2.24, 2.45) is 4.99 Å². The normalized spacial score (nSPS) is 13.2. The quantitative estimate of drug-likeness (QED) is 0.383. The average Bonchev–Trinajstić information content (AvgIpc) is 2.56. The lowest BCUT2D eigenvalue weighted by molar-refractivity contribution is -0.121. The van der Waals surface area contributed by atoms with Crippen molar-refractivity contribution in [1.82, 2.24) is 16.0 Å². The molecule has 0 saturated carbocycles. The summed E-state index contributed by atoms with van der Waals surface area (Å²) in [7, 11) is 1.69. The Morgan fingerprint density at radius 1 is 1.20 bits per heavy atom. The fourth-order valence-corrected chi connectivity index (χ4v) is 2.21. The monoisotopic (exact) mass is 348 g/mol. The second-order valence-corrected chi connectivity index (χ2v) is 6.93. The van der Waals surface area contributed by atoms with Gasteiger partial charge in [-0.15, -0.1) is 0 Å². The third-order valence-electron chi connectivity index (χ3n) is 3.40. The molecule has 1 aromatic carbocycles. The second kappa shape index (κ2) is 10.7. The second-order valence-electron chi connectivity index (χ2n) is 6.93. The van der Waals surface area contributed by atoms with Crippen LogP contribution in [-0.4, -0.2) is 44.1 Å². The molecule has 0 heterocycles. The maximum absolute atomic E-state index is 11.8. The predicted octanol–water partition coefficient (Wildman–Crippen LogP) is 2.23. The number of benzene rings is 1. The molecule has 25 heavy (non-hydrogen) atoms. The van der Waals surface area contributed by atoms with E-state index in [1.807, 2.05) is 39.0 Å². The number of nitrogens with one attached hydrogen (secondary N) is 3. The first-order valence-corrected chi connectivity index (χ1v) is 8.74. The molecule has 3 N–H and O–H groups in total. The van der Waals surface area contributed by atoms with Crippen LogP contribution in [0.15, 0.2) is 35.3 Å². The van der Waals surface area contributed by atoms with E-state index < -0.39 is 0 Å². The summed E-state index contributed by atoms with van der Waals surface area (Å²) in [5.41, 5.74) is 0.945. The van der Waals surface area contributed by atoms with Crippen molar-refractivity contribution >= 4 is 11.9 Å². The Bertz CT molecular complexity index is 538. The third kappa shape index (κ3) is 9.72. The van der Waals surface area contributed by atoms with Gasteiger partial charge in [0.25, 0.3) is 0 Å². The van der Waals surface area contributed by atoms with Crippen molar-refractivity contribution in [2.45, 2.75) is 45.8 Å². The number of hydrogen-bond acceptors (Lipinski definition) is 3. The predicted molar refractivity (Wildman–Crippen MR) is 103 cm³/mol. The standard InChI is InChI=1S/C19H32N4O2/c1-15(16-10-7-6-8-11-16)25-13-9-12-21-18(20-5)22-14-17(24)23-19(2,3)4/h6-8,10-11,15H,9,12-14H2,1-5H3,(H,23,24)(H2,20,21,22). The van der Waals surface area contributed by atoms with Crippen LogP contribution in [0.1, 0.15) is 45.8 Å². The Kier molecular flexibility index (Phi) is 8.99. The van der Waals surface area contributed by atoms with Crippen molar-refractivity contribution in [3.63, 3.8) is 0 Å². The number of aliphatic imine (C=N–C) groups is 1. The summed E-state index contributed by atoms with van der Waals surface area (Å²) >= 11 is 0. The molecule has 0 fully saturated rings. The maximum atomic E-state index is 11.8. The van der Waals surface area contributed by atoms with Crippen molar-refractivity contribution in [3.8, 4) is 0 Å². The minimum atomic E-state index is -0.234. The molecule has 0 spiro atoms. The van der Waals surface area contributed by atoms with Crippen molar-refractivity contribution in [2.75, 3.05) is 26.7 Å². The van der Waals surface area contributed by atoms with Crippen molar-refractivity contribution in [3.05, 3.63) is 35.9 Å². The zero-order valence-electron chi connectivity index (χ0n) is 16.1. The van der Waals surface area contributed by atoms with Crippen LogP contribution in [0.4, 0.5) is 0 Å². The molecule has 1 unspecified atom stereocenters. The smallest absolute Gasteiger partial charge is 0.239 e. The SMILES string of the molecule is CN=C(NCCCOC(C)c1ccccc1)NCC(=O)NC(C)(C)C. The number of hydrogen-bond donors (Lipinski definition) is 3. The number of nitrogens with zero attached hydrogens (tertiary/aromatic N) is 1. The average molecular weight is 348 g/mol. The lowest BCUT2D eigenvalue weighted by atomic mass is 10.1. The van der Waals surface area contributed by atoms with E-state index in [0.29, 0.717) is 12.6 Å². The van der Waals surface area contributed by atoms with Gasteiger partial charge in [0, 0.05) is 25.7 Å². The number of rotatable bonds is 8. The highest BCUT2D eigenvalue weighted by Crippen LogP contribution is 2.15. The number of ether oxygens (including phenoxy) is 1. The van der Waals surface area contributed by atoms with Crippen LogP contribution in [-0.2, 0) is 9.53 Å². The van der Waals surface area contributed by atoms with Gasteiger partial charge in [-0.25, -0.2) is 0 Å². The summed E-state index contributed by atoms with van der Waals surface area (Å²) in [6.45, 7) is 9.49. The summed E-state index contributed by atoms with van der Waals surface area (Å²) in [6.07, 6.45) is 0.936. The van der Waals surface area contributed by atoms with Gasteiger partial charge in [0.05, 0.1) is 12.6 Å². The van der Waals surface area contributed by atoms with Gasteiger partial charge in [-0.2, -0.15) is 0 Å². The Morgan fingerprint density at radius 2 is 1.88 bits per heavy atom. The van der Waals surface area contributed by atoms with Gasteiger partial charge in [-0.05, 0) is 39.7 Å². The van der Waals surface area contributed by atoms with E-state index in [1.165, 1.54) is 5.56 Å². The summed E-state index contributed by atoms with van der Waals surface area (Å²) in [4.78, 5) is 15.9. The molecular weight excluding hydrogens is 316 g/mol. The summed E-state index contributed by atoms with van der Waals surface area (Å²) in [5.74, 6) is 0.552. The Hall–Kier alpha value is -2.08. The van der Waals surface area contributed by atoms with E-state index in [2.05, 4.69) is 40.0 Å². The number of amides is 1. The first-order valence-electron chi connectivity index (χ1n) is 8.74. The molecule has 6 nitrogen and oxygen atoms in total. The van der Waals surface area contributed by atoms with Crippen LogP contribution in [0.5, 0.6) is 0 Å². The molecule has 0 aromatic heterocycles.